The summed E-state index contributed by atoms with van der Waals surface area (Å²) in [6, 6.07) is 1.90. The van der Waals surface area contributed by atoms with Crippen molar-refractivity contribution >= 4 is 21.8 Å². The monoisotopic (exact) mass is 343 g/mol. The number of carbonyl (C=O) groups is 1. The Morgan fingerprint density at radius 3 is 2.42 bits per heavy atom. The Bertz CT molecular complexity index is 433. The lowest BCUT2D eigenvalue weighted by atomic mass is 10.2. The van der Waals surface area contributed by atoms with Crippen LogP contribution in [0.3, 0.4) is 0 Å². The van der Waals surface area contributed by atoms with Crippen LogP contribution in [-0.4, -0.2) is 32.1 Å². The Balaban J connectivity index is 2.50. The molecule has 3 nitrogen and oxygen atoms in total. The van der Waals surface area contributed by atoms with E-state index in [0.717, 1.165) is 12.1 Å². The van der Waals surface area contributed by atoms with Crippen molar-refractivity contribution in [2.24, 2.45) is 0 Å². The molecule has 0 aromatic heterocycles. The van der Waals surface area contributed by atoms with Gasteiger partial charge in [-0.15, -0.1) is 0 Å². The highest BCUT2D eigenvalue weighted by molar-refractivity contribution is 9.10. The number of ether oxygens (including phenoxy) is 1. The van der Waals surface area contributed by atoms with Gasteiger partial charge >= 0.3 is 0 Å². The zero-order valence-corrected chi connectivity index (χ0v) is 11.1. The third-order valence-corrected chi connectivity index (χ3v) is 2.47. The molecule has 0 heterocycles. The average molecular weight is 344 g/mol. The smallest absolute Gasteiger partial charge is 0.261 e. The Morgan fingerprint density at radius 1 is 1.32 bits per heavy atom. The molecule has 0 spiro atoms. The van der Waals surface area contributed by atoms with Crippen molar-refractivity contribution in [1.82, 2.24) is 5.32 Å². The first-order valence-corrected chi connectivity index (χ1v) is 5.99. The van der Waals surface area contributed by atoms with Crippen molar-refractivity contribution < 1.29 is 27.1 Å². The maximum atomic E-state index is 13.4. The third kappa shape index (κ3) is 5.15. The van der Waals surface area contributed by atoms with Crippen LogP contribution < -0.4 is 5.32 Å². The molecule has 0 radical (unpaired) electrons. The standard InChI is InChI=1S/C11H10BrF4NO2/c12-6-3-7(13)10(8(14)4-6)11(18)17-1-2-19-5-9(15)16/h3-4,9H,1-2,5H2,(H,17,18). The molecule has 106 valence electrons. The van der Waals surface area contributed by atoms with Crippen LogP contribution >= 0.6 is 15.9 Å². The molecule has 1 rings (SSSR count). The predicted octanol–water partition coefficient (Wildman–Crippen LogP) is 2.74. The summed E-state index contributed by atoms with van der Waals surface area (Å²) in [5, 5.41) is 2.17. The Kier molecular flexibility index (Phi) is 6.23. The van der Waals surface area contributed by atoms with Crippen LogP contribution in [0, 0.1) is 11.6 Å². The quantitative estimate of drug-likeness (QED) is 0.637. The second kappa shape index (κ2) is 7.44. The zero-order valence-electron chi connectivity index (χ0n) is 9.56. The minimum atomic E-state index is -2.60. The lowest BCUT2D eigenvalue weighted by Crippen LogP contribution is -2.29. The van der Waals surface area contributed by atoms with Gasteiger partial charge in [-0.05, 0) is 12.1 Å². The van der Waals surface area contributed by atoms with Crippen LogP contribution in [0.25, 0.3) is 0 Å². The van der Waals surface area contributed by atoms with Crippen molar-refractivity contribution in [3.8, 4) is 0 Å². The van der Waals surface area contributed by atoms with Crippen LogP contribution in [0.1, 0.15) is 10.4 Å². The molecule has 1 N–H and O–H groups in total. The van der Waals surface area contributed by atoms with Gasteiger partial charge in [0.15, 0.2) is 0 Å². The first-order valence-electron chi connectivity index (χ1n) is 5.20. The van der Waals surface area contributed by atoms with Gasteiger partial charge in [-0.1, -0.05) is 15.9 Å². The first kappa shape index (κ1) is 15.9. The van der Waals surface area contributed by atoms with Gasteiger partial charge in [0, 0.05) is 11.0 Å². The summed E-state index contributed by atoms with van der Waals surface area (Å²) in [4.78, 5) is 11.5. The van der Waals surface area contributed by atoms with Gasteiger partial charge in [0.25, 0.3) is 12.3 Å². The van der Waals surface area contributed by atoms with E-state index >= 15 is 0 Å². The molecule has 0 aliphatic heterocycles. The van der Waals surface area contributed by atoms with Crippen LogP contribution in [0.15, 0.2) is 16.6 Å². The second-order valence-electron chi connectivity index (χ2n) is 3.47. The number of nitrogens with one attached hydrogen (secondary N) is 1. The molecule has 0 fully saturated rings. The number of amides is 1. The molecule has 0 aliphatic carbocycles. The summed E-state index contributed by atoms with van der Waals surface area (Å²) in [6.45, 7) is -1.05. The lowest BCUT2D eigenvalue weighted by molar-refractivity contribution is 0.0188. The van der Waals surface area contributed by atoms with Crippen LogP contribution in [-0.2, 0) is 4.74 Å². The predicted molar refractivity (Wildman–Crippen MR) is 63.2 cm³/mol. The molecular formula is C11H10BrF4NO2. The molecular weight excluding hydrogens is 334 g/mol. The van der Waals surface area contributed by atoms with Crippen LogP contribution in [0.4, 0.5) is 17.6 Å². The van der Waals surface area contributed by atoms with Crippen molar-refractivity contribution in [2.45, 2.75) is 6.43 Å². The minimum Gasteiger partial charge on any atom is -0.374 e. The molecule has 0 saturated heterocycles. The fourth-order valence-electron chi connectivity index (χ4n) is 1.26. The lowest BCUT2D eigenvalue weighted by Gasteiger charge is -2.08. The van der Waals surface area contributed by atoms with E-state index in [9.17, 15) is 22.4 Å². The fourth-order valence-corrected chi connectivity index (χ4v) is 1.66. The van der Waals surface area contributed by atoms with Crippen molar-refractivity contribution in [1.29, 1.82) is 0 Å². The zero-order chi connectivity index (χ0) is 14.4. The van der Waals surface area contributed by atoms with Crippen molar-refractivity contribution in [3.05, 3.63) is 33.8 Å². The maximum Gasteiger partial charge on any atom is 0.261 e. The largest absolute Gasteiger partial charge is 0.374 e. The Labute approximate surface area is 115 Å². The molecule has 1 amide bonds. The summed E-state index contributed by atoms with van der Waals surface area (Å²) < 4.78 is 54.9. The van der Waals surface area contributed by atoms with E-state index < -0.39 is 36.1 Å². The average Bonchev–Trinajstić information content (AvgIpc) is 2.26. The summed E-state index contributed by atoms with van der Waals surface area (Å²) in [5.74, 6) is -3.00. The van der Waals surface area contributed by atoms with Gasteiger partial charge < -0.3 is 10.1 Å². The van der Waals surface area contributed by atoms with Crippen LogP contribution in [0.5, 0.6) is 0 Å². The number of hydrogen-bond donors (Lipinski definition) is 1. The van der Waals surface area contributed by atoms with Gasteiger partial charge in [-0.25, -0.2) is 17.6 Å². The van der Waals surface area contributed by atoms with Crippen molar-refractivity contribution in [3.63, 3.8) is 0 Å². The molecule has 1 aromatic rings. The summed E-state index contributed by atoms with van der Waals surface area (Å²) in [5.41, 5.74) is -0.725. The number of carbonyl (C=O) groups excluding carboxylic acids is 1. The highest BCUT2D eigenvalue weighted by Gasteiger charge is 2.17. The van der Waals surface area contributed by atoms with E-state index in [1.807, 2.05) is 0 Å². The number of hydrogen-bond acceptors (Lipinski definition) is 2. The molecule has 1 aromatic carbocycles. The van der Waals surface area contributed by atoms with E-state index in [1.165, 1.54) is 0 Å². The van der Waals surface area contributed by atoms with Gasteiger partial charge in [0.1, 0.15) is 23.8 Å². The Morgan fingerprint density at radius 2 is 1.89 bits per heavy atom. The highest BCUT2D eigenvalue weighted by atomic mass is 79.9. The molecule has 0 saturated carbocycles. The van der Waals surface area contributed by atoms with Crippen molar-refractivity contribution in [2.75, 3.05) is 19.8 Å². The van der Waals surface area contributed by atoms with E-state index in [1.54, 1.807) is 0 Å². The molecule has 0 bridgehead atoms. The number of benzene rings is 1. The van der Waals surface area contributed by atoms with Gasteiger partial charge in [0.05, 0.1) is 6.61 Å². The van der Waals surface area contributed by atoms with E-state index in [-0.39, 0.29) is 17.6 Å². The molecule has 19 heavy (non-hydrogen) atoms. The molecule has 0 aliphatic rings. The number of halogens is 5. The van der Waals surface area contributed by atoms with Crippen LogP contribution in [0.2, 0.25) is 0 Å². The molecule has 0 atom stereocenters. The maximum absolute atomic E-state index is 13.4. The van der Waals surface area contributed by atoms with E-state index in [4.69, 9.17) is 0 Å². The summed E-state index contributed by atoms with van der Waals surface area (Å²) in [7, 11) is 0. The van der Waals surface area contributed by atoms with Gasteiger partial charge in [0.2, 0.25) is 0 Å². The molecule has 0 unspecified atom stereocenters. The SMILES string of the molecule is O=C(NCCOCC(F)F)c1c(F)cc(Br)cc1F. The fraction of sp³-hybridized carbons (Fsp3) is 0.364. The summed E-state index contributed by atoms with van der Waals surface area (Å²) >= 11 is 2.88. The van der Waals surface area contributed by atoms with E-state index in [0.29, 0.717) is 0 Å². The summed E-state index contributed by atoms with van der Waals surface area (Å²) in [6.07, 6.45) is -2.60. The number of alkyl halides is 2. The minimum absolute atomic E-state index is 0.125. The van der Waals surface area contributed by atoms with E-state index in [2.05, 4.69) is 26.0 Å². The third-order valence-electron chi connectivity index (χ3n) is 2.01. The Hall–Kier alpha value is -1.15. The highest BCUT2D eigenvalue weighted by Crippen LogP contribution is 2.19. The topological polar surface area (TPSA) is 38.3 Å². The number of rotatable bonds is 6. The second-order valence-corrected chi connectivity index (χ2v) is 4.38. The van der Waals surface area contributed by atoms with Gasteiger partial charge in [-0.2, -0.15) is 0 Å². The van der Waals surface area contributed by atoms with Gasteiger partial charge in [-0.3, -0.25) is 4.79 Å². The first-order chi connectivity index (χ1) is 8.91. The molecule has 8 heteroatoms. The normalized spacial score (nSPS) is 10.8.